The molecule has 0 fully saturated rings. The van der Waals surface area contributed by atoms with E-state index in [0.717, 1.165) is 54.7 Å². The zero-order chi connectivity index (χ0) is 15.8. The summed E-state index contributed by atoms with van der Waals surface area (Å²) >= 11 is 0. The van der Waals surface area contributed by atoms with Crippen LogP contribution in [0.25, 0.3) is 0 Å². The van der Waals surface area contributed by atoms with E-state index in [1.54, 1.807) is 0 Å². The molecule has 1 heterocycles. The van der Waals surface area contributed by atoms with Gasteiger partial charge >= 0.3 is 0 Å². The largest absolute Gasteiger partial charge is 0.398 e. The van der Waals surface area contributed by atoms with Crippen LogP contribution in [-0.2, 0) is 19.3 Å². The standard InChI is InChI=1S/C20H22N2O/c21-18-8-3-9-19-17(18)7-4-12-22(19)20(23)16-11-10-14-5-1-2-6-15(14)13-16/h3,8-11,13H,1-2,4-7,12,21H2. The Bertz CT molecular complexity index is 766. The molecular weight excluding hydrogens is 284 g/mol. The Morgan fingerprint density at radius 2 is 1.78 bits per heavy atom. The lowest BCUT2D eigenvalue weighted by atomic mass is 9.90. The third-order valence-electron chi connectivity index (χ3n) is 5.13. The molecule has 118 valence electrons. The fourth-order valence-electron chi connectivity index (χ4n) is 3.88. The normalized spacial score (nSPS) is 16.6. The van der Waals surface area contributed by atoms with E-state index < -0.39 is 0 Å². The zero-order valence-electron chi connectivity index (χ0n) is 13.3. The summed E-state index contributed by atoms with van der Waals surface area (Å²) in [7, 11) is 0. The van der Waals surface area contributed by atoms with Crippen molar-refractivity contribution in [3.63, 3.8) is 0 Å². The SMILES string of the molecule is Nc1cccc2c1CCCN2C(=O)c1ccc2c(c1)CCCC2. The van der Waals surface area contributed by atoms with Crippen molar-refractivity contribution < 1.29 is 4.79 Å². The summed E-state index contributed by atoms with van der Waals surface area (Å²) in [6.45, 7) is 0.770. The molecule has 0 atom stereocenters. The maximum absolute atomic E-state index is 13.0. The summed E-state index contributed by atoms with van der Waals surface area (Å²) in [6.07, 6.45) is 6.66. The predicted molar refractivity (Wildman–Crippen MR) is 93.9 cm³/mol. The van der Waals surface area contributed by atoms with Crippen LogP contribution in [0.5, 0.6) is 0 Å². The topological polar surface area (TPSA) is 46.3 Å². The van der Waals surface area contributed by atoms with E-state index >= 15 is 0 Å². The van der Waals surface area contributed by atoms with Gasteiger partial charge in [0.15, 0.2) is 0 Å². The number of anilines is 2. The first kappa shape index (κ1) is 14.3. The lowest BCUT2D eigenvalue weighted by molar-refractivity contribution is 0.0985. The van der Waals surface area contributed by atoms with E-state index in [-0.39, 0.29) is 5.91 Å². The number of carbonyl (C=O) groups is 1. The van der Waals surface area contributed by atoms with Crippen molar-refractivity contribution in [3.8, 4) is 0 Å². The highest BCUT2D eigenvalue weighted by Crippen LogP contribution is 2.32. The average Bonchev–Trinajstić information content (AvgIpc) is 2.61. The molecule has 0 bridgehead atoms. The van der Waals surface area contributed by atoms with Crippen LogP contribution in [0, 0.1) is 0 Å². The maximum Gasteiger partial charge on any atom is 0.258 e. The third-order valence-corrected chi connectivity index (χ3v) is 5.13. The van der Waals surface area contributed by atoms with Gasteiger partial charge in [0.2, 0.25) is 0 Å². The minimum absolute atomic E-state index is 0.102. The molecule has 2 aliphatic rings. The van der Waals surface area contributed by atoms with Gasteiger partial charge in [0.05, 0.1) is 0 Å². The lowest BCUT2D eigenvalue weighted by Crippen LogP contribution is -2.35. The van der Waals surface area contributed by atoms with E-state index in [2.05, 4.69) is 12.1 Å². The number of carbonyl (C=O) groups excluding carboxylic acids is 1. The molecule has 0 spiro atoms. The fraction of sp³-hybridized carbons (Fsp3) is 0.350. The quantitative estimate of drug-likeness (QED) is 0.816. The highest BCUT2D eigenvalue weighted by molar-refractivity contribution is 6.07. The van der Waals surface area contributed by atoms with Gasteiger partial charge in [-0.25, -0.2) is 0 Å². The molecule has 3 heteroatoms. The second kappa shape index (κ2) is 5.73. The number of fused-ring (bicyclic) bond motifs is 2. The number of amides is 1. The van der Waals surface area contributed by atoms with E-state index in [9.17, 15) is 4.79 Å². The smallest absolute Gasteiger partial charge is 0.258 e. The molecule has 0 saturated heterocycles. The molecule has 23 heavy (non-hydrogen) atoms. The van der Waals surface area contributed by atoms with Crippen molar-refractivity contribution in [1.82, 2.24) is 0 Å². The zero-order valence-corrected chi connectivity index (χ0v) is 13.3. The highest BCUT2D eigenvalue weighted by atomic mass is 16.2. The summed E-state index contributed by atoms with van der Waals surface area (Å²) < 4.78 is 0. The number of hydrogen-bond acceptors (Lipinski definition) is 2. The Labute approximate surface area is 137 Å². The molecule has 2 aromatic carbocycles. The summed E-state index contributed by atoms with van der Waals surface area (Å²) in [6, 6.07) is 12.1. The Kier molecular flexibility index (Phi) is 3.56. The average molecular weight is 306 g/mol. The van der Waals surface area contributed by atoms with E-state index in [1.807, 2.05) is 29.2 Å². The number of nitrogen functional groups attached to an aromatic ring is 1. The van der Waals surface area contributed by atoms with Gasteiger partial charge in [-0.05, 0) is 79.5 Å². The minimum Gasteiger partial charge on any atom is -0.398 e. The van der Waals surface area contributed by atoms with Crippen LogP contribution in [0.3, 0.4) is 0 Å². The number of nitrogens with two attached hydrogens (primary N) is 1. The molecule has 1 aliphatic heterocycles. The van der Waals surface area contributed by atoms with Crippen molar-refractivity contribution in [2.45, 2.75) is 38.5 Å². The van der Waals surface area contributed by atoms with Crippen LogP contribution in [0.4, 0.5) is 11.4 Å². The summed E-state index contributed by atoms with van der Waals surface area (Å²) in [5.41, 5.74) is 12.6. The molecular formula is C20H22N2O. The first-order chi connectivity index (χ1) is 11.2. The minimum atomic E-state index is 0.102. The number of benzene rings is 2. The van der Waals surface area contributed by atoms with Crippen molar-refractivity contribution in [2.24, 2.45) is 0 Å². The molecule has 1 amide bonds. The molecule has 0 radical (unpaired) electrons. The first-order valence-corrected chi connectivity index (χ1v) is 8.55. The van der Waals surface area contributed by atoms with Gasteiger partial charge in [-0.3, -0.25) is 4.79 Å². The van der Waals surface area contributed by atoms with Gasteiger partial charge in [0, 0.05) is 23.5 Å². The van der Waals surface area contributed by atoms with Crippen LogP contribution in [0.15, 0.2) is 36.4 Å². The number of aryl methyl sites for hydroxylation is 2. The number of rotatable bonds is 1. The van der Waals surface area contributed by atoms with Crippen molar-refractivity contribution in [1.29, 1.82) is 0 Å². The molecule has 2 N–H and O–H groups in total. The van der Waals surface area contributed by atoms with Crippen molar-refractivity contribution in [3.05, 3.63) is 58.7 Å². The highest BCUT2D eigenvalue weighted by Gasteiger charge is 2.25. The van der Waals surface area contributed by atoms with Gasteiger partial charge in [-0.1, -0.05) is 12.1 Å². The summed E-state index contributed by atoms with van der Waals surface area (Å²) in [5.74, 6) is 0.102. The molecule has 3 nitrogen and oxygen atoms in total. The van der Waals surface area contributed by atoms with Gasteiger partial charge in [-0.15, -0.1) is 0 Å². The van der Waals surface area contributed by atoms with Crippen LogP contribution >= 0.6 is 0 Å². The molecule has 4 rings (SSSR count). The number of hydrogen-bond donors (Lipinski definition) is 1. The molecule has 2 aromatic rings. The van der Waals surface area contributed by atoms with Crippen molar-refractivity contribution >= 4 is 17.3 Å². The van der Waals surface area contributed by atoms with E-state index in [4.69, 9.17) is 5.73 Å². The Hall–Kier alpha value is -2.29. The predicted octanol–water partition coefficient (Wildman–Crippen LogP) is 3.74. The van der Waals surface area contributed by atoms with Crippen LogP contribution in [0.1, 0.15) is 46.3 Å². The van der Waals surface area contributed by atoms with Crippen molar-refractivity contribution in [2.75, 3.05) is 17.2 Å². The van der Waals surface area contributed by atoms with Gasteiger partial charge in [0.25, 0.3) is 5.91 Å². The third kappa shape index (κ3) is 2.50. The van der Waals surface area contributed by atoms with Crippen LogP contribution in [0.2, 0.25) is 0 Å². The van der Waals surface area contributed by atoms with E-state index in [0.29, 0.717) is 0 Å². The maximum atomic E-state index is 13.0. The summed E-state index contributed by atoms with van der Waals surface area (Å²) in [4.78, 5) is 14.9. The van der Waals surface area contributed by atoms with E-state index in [1.165, 1.54) is 24.0 Å². The van der Waals surface area contributed by atoms with Crippen LogP contribution in [-0.4, -0.2) is 12.5 Å². The van der Waals surface area contributed by atoms with Gasteiger partial charge < -0.3 is 10.6 Å². The summed E-state index contributed by atoms with van der Waals surface area (Å²) in [5, 5.41) is 0. The second-order valence-corrected chi connectivity index (χ2v) is 6.60. The molecule has 0 unspecified atom stereocenters. The molecule has 0 saturated carbocycles. The monoisotopic (exact) mass is 306 g/mol. The Balaban J connectivity index is 1.69. The fourth-order valence-corrected chi connectivity index (χ4v) is 3.88. The van der Waals surface area contributed by atoms with Gasteiger partial charge in [0.1, 0.15) is 0 Å². The first-order valence-electron chi connectivity index (χ1n) is 8.55. The Morgan fingerprint density at radius 1 is 0.957 bits per heavy atom. The second-order valence-electron chi connectivity index (χ2n) is 6.60. The molecule has 1 aliphatic carbocycles. The lowest BCUT2D eigenvalue weighted by Gasteiger charge is -2.30. The molecule has 0 aromatic heterocycles. The van der Waals surface area contributed by atoms with Crippen LogP contribution < -0.4 is 10.6 Å². The Morgan fingerprint density at radius 3 is 2.65 bits per heavy atom. The van der Waals surface area contributed by atoms with Gasteiger partial charge in [-0.2, -0.15) is 0 Å². The number of nitrogens with zero attached hydrogens (tertiary/aromatic N) is 1.